The van der Waals surface area contributed by atoms with E-state index < -0.39 is 16.1 Å². The highest BCUT2D eigenvalue weighted by atomic mass is 32.2. The summed E-state index contributed by atoms with van der Waals surface area (Å²) in [6.45, 7) is 0.407. The van der Waals surface area contributed by atoms with Crippen LogP contribution >= 0.6 is 22.7 Å². The molecule has 0 aliphatic carbocycles. The zero-order valence-corrected chi connectivity index (χ0v) is 19.7. The highest BCUT2D eigenvalue weighted by molar-refractivity contribution is 7.91. The molecule has 1 aliphatic rings. The summed E-state index contributed by atoms with van der Waals surface area (Å²) < 4.78 is 42.3. The second kappa shape index (κ2) is 8.90. The molecule has 1 unspecified atom stereocenters. The molecule has 33 heavy (non-hydrogen) atoms. The van der Waals surface area contributed by atoms with Crippen LogP contribution in [-0.4, -0.2) is 41.2 Å². The smallest absolute Gasteiger partial charge is 0.253 e. The lowest BCUT2D eigenvalue weighted by molar-refractivity contribution is -0.121. The molecule has 4 aromatic rings. The van der Waals surface area contributed by atoms with Crippen LogP contribution in [0, 0.1) is 5.82 Å². The zero-order chi connectivity index (χ0) is 23.0. The van der Waals surface area contributed by atoms with Crippen molar-refractivity contribution in [3.63, 3.8) is 0 Å². The number of carbonyl (C=O) groups excluding carboxylic acids is 1. The third kappa shape index (κ3) is 4.29. The number of amides is 1. The minimum absolute atomic E-state index is 0.130. The molecule has 1 aliphatic heterocycles. The minimum Gasteiger partial charge on any atom is -0.281 e. The Bertz CT molecular complexity index is 1390. The Morgan fingerprint density at radius 1 is 1.21 bits per heavy atom. The number of aromatic nitrogens is 2. The number of anilines is 1. The molecule has 4 heterocycles. The summed E-state index contributed by atoms with van der Waals surface area (Å²) in [5.41, 5.74) is 1.21. The molecular weight excluding hydrogens is 483 g/mol. The minimum atomic E-state index is -3.79. The molecule has 1 amide bonds. The highest BCUT2D eigenvalue weighted by Gasteiger charge is 2.42. The fraction of sp³-hybridized carbons (Fsp3) is 0.227. The lowest BCUT2D eigenvalue weighted by Crippen LogP contribution is -2.47. The molecule has 5 rings (SSSR count). The number of rotatable bonds is 6. The van der Waals surface area contributed by atoms with Gasteiger partial charge in [-0.3, -0.25) is 14.7 Å². The summed E-state index contributed by atoms with van der Waals surface area (Å²) >= 11 is 2.32. The summed E-state index contributed by atoms with van der Waals surface area (Å²) in [6.07, 6.45) is 2.64. The van der Waals surface area contributed by atoms with E-state index in [4.69, 9.17) is 0 Å². The maximum absolute atomic E-state index is 13.8. The van der Waals surface area contributed by atoms with Crippen LogP contribution in [0.5, 0.6) is 0 Å². The number of carbonyl (C=O) groups is 1. The second-order valence-corrected chi connectivity index (χ2v) is 11.6. The van der Waals surface area contributed by atoms with Crippen molar-refractivity contribution in [2.45, 2.75) is 29.6 Å². The largest absolute Gasteiger partial charge is 0.281 e. The van der Waals surface area contributed by atoms with Gasteiger partial charge in [-0.1, -0.05) is 23.5 Å². The van der Waals surface area contributed by atoms with Gasteiger partial charge in [-0.2, -0.15) is 4.31 Å². The molecule has 1 atom stereocenters. The van der Waals surface area contributed by atoms with Crippen molar-refractivity contribution in [1.29, 1.82) is 0 Å². The van der Waals surface area contributed by atoms with Crippen LogP contribution in [0.4, 0.5) is 9.52 Å². The van der Waals surface area contributed by atoms with Crippen LogP contribution in [0.25, 0.3) is 10.2 Å². The monoisotopic (exact) mass is 502 g/mol. The molecule has 0 saturated carbocycles. The molecule has 170 valence electrons. The molecule has 11 heteroatoms. The van der Waals surface area contributed by atoms with Crippen LogP contribution in [0.2, 0.25) is 0 Å². The van der Waals surface area contributed by atoms with E-state index in [1.807, 2.05) is 6.07 Å². The summed E-state index contributed by atoms with van der Waals surface area (Å²) in [5.74, 6) is -0.748. The van der Waals surface area contributed by atoms with Crippen molar-refractivity contribution >= 4 is 54.0 Å². The van der Waals surface area contributed by atoms with Gasteiger partial charge < -0.3 is 0 Å². The van der Waals surface area contributed by atoms with Crippen LogP contribution in [0.1, 0.15) is 18.5 Å². The van der Waals surface area contributed by atoms with Gasteiger partial charge in [0.05, 0.1) is 22.5 Å². The van der Waals surface area contributed by atoms with Crippen molar-refractivity contribution < 1.29 is 17.6 Å². The molecule has 3 aromatic heterocycles. The van der Waals surface area contributed by atoms with Crippen molar-refractivity contribution in [1.82, 2.24) is 14.3 Å². The van der Waals surface area contributed by atoms with Gasteiger partial charge in [0.25, 0.3) is 10.0 Å². The van der Waals surface area contributed by atoms with Gasteiger partial charge >= 0.3 is 0 Å². The van der Waals surface area contributed by atoms with E-state index >= 15 is 0 Å². The molecule has 0 radical (unpaired) electrons. The predicted molar refractivity (Wildman–Crippen MR) is 126 cm³/mol. The van der Waals surface area contributed by atoms with E-state index in [2.05, 4.69) is 9.97 Å². The maximum Gasteiger partial charge on any atom is 0.253 e. The number of halogens is 1. The topological polar surface area (TPSA) is 83.5 Å². The predicted octanol–water partition coefficient (Wildman–Crippen LogP) is 4.28. The number of benzene rings is 1. The van der Waals surface area contributed by atoms with E-state index in [0.29, 0.717) is 33.9 Å². The molecule has 1 saturated heterocycles. The second-order valence-electron chi connectivity index (χ2n) is 7.56. The summed E-state index contributed by atoms with van der Waals surface area (Å²) in [6, 6.07) is 12.0. The van der Waals surface area contributed by atoms with Gasteiger partial charge in [-0.05, 0) is 54.6 Å². The molecule has 0 N–H and O–H groups in total. The third-order valence-corrected chi connectivity index (χ3v) is 9.75. The van der Waals surface area contributed by atoms with Crippen molar-refractivity contribution in [2.75, 3.05) is 11.4 Å². The normalized spacial score (nSPS) is 16.9. The average Bonchev–Trinajstić information content (AvgIpc) is 3.58. The van der Waals surface area contributed by atoms with Crippen LogP contribution in [-0.2, 0) is 21.4 Å². The van der Waals surface area contributed by atoms with Crippen molar-refractivity contribution in [2.24, 2.45) is 0 Å². The third-order valence-electron chi connectivity index (χ3n) is 5.43. The number of sulfonamides is 1. The van der Waals surface area contributed by atoms with E-state index in [1.165, 1.54) is 32.7 Å². The molecular formula is C22H19FN4O3S3. The van der Waals surface area contributed by atoms with Gasteiger partial charge in [0.15, 0.2) is 5.13 Å². The molecule has 1 fully saturated rings. The summed E-state index contributed by atoms with van der Waals surface area (Å²) in [5, 5.41) is 2.08. The molecule has 1 aromatic carbocycles. The number of nitrogens with zero attached hydrogens (tertiary/aromatic N) is 4. The molecule has 7 nitrogen and oxygen atoms in total. The first kappa shape index (κ1) is 22.1. The Morgan fingerprint density at radius 2 is 2.09 bits per heavy atom. The van der Waals surface area contributed by atoms with Crippen LogP contribution in [0.3, 0.4) is 0 Å². The van der Waals surface area contributed by atoms with E-state index in [1.54, 1.807) is 41.9 Å². The van der Waals surface area contributed by atoms with Gasteiger partial charge in [0.2, 0.25) is 5.91 Å². The number of fused-ring (bicyclic) bond motifs is 1. The van der Waals surface area contributed by atoms with E-state index in [9.17, 15) is 17.6 Å². The maximum atomic E-state index is 13.8. The first-order chi connectivity index (χ1) is 15.9. The number of thiophene rings is 1. The summed E-state index contributed by atoms with van der Waals surface area (Å²) in [7, 11) is -3.79. The SMILES string of the molecule is O=C(C1CCCN1S(=O)(=O)c1cccs1)N(Cc1ccccn1)c1nc2ccc(F)cc2s1. The fourth-order valence-corrected chi connectivity index (χ4v) is 7.64. The Balaban J connectivity index is 1.53. The number of hydrogen-bond donors (Lipinski definition) is 0. The zero-order valence-electron chi connectivity index (χ0n) is 17.3. The number of hydrogen-bond acceptors (Lipinski definition) is 7. The Hall–Kier alpha value is -2.73. The quantitative estimate of drug-likeness (QED) is 0.393. The molecule has 0 bridgehead atoms. The van der Waals surface area contributed by atoms with Crippen LogP contribution in [0.15, 0.2) is 64.3 Å². The lowest BCUT2D eigenvalue weighted by atomic mass is 10.2. The van der Waals surface area contributed by atoms with E-state index in [-0.39, 0.29) is 29.0 Å². The Kier molecular flexibility index (Phi) is 5.95. The van der Waals surface area contributed by atoms with Crippen LogP contribution < -0.4 is 4.90 Å². The summed E-state index contributed by atoms with van der Waals surface area (Å²) in [4.78, 5) is 24.1. The first-order valence-corrected chi connectivity index (χ1v) is 13.4. The number of thiazole rings is 1. The van der Waals surface area contributed by atoms with Crippen molar-refractivity contribution in [3.05, 3.63) is 71.6 Å². The highest BCUT2D eigenvalue weighted by Crippen LogP contribution is 2.34. The molecule has 0 spiro atoms. The first-order valence-electron chi connectivity index (χ1n) is 10.3. The Morgan fingerprint density at radius 3 is 2.85 bits per heavy atom. The lowest BCUT2D eigenvalue weighted by Gasteiger charge is -2.28. The number of pyridine rings is 1. The average molecular weight is 503 g/mol. The van der Waals surface area contributed by atoms with Gasteiger partial charge in [-0.15, -0.1) is 11.3 Å². The van der Waals surface area contributed by atoms with Gasteiger partial charge in [0, 0.05) is 12.7 Å². The van der Waals surface area contributed by atoms with Gasteiger partial charge in [-0.25, -0.2) is 17.8 Å². The van der Waals surface area contributed by atoms with E-state index in [0.717, 1.165) is 11.3 Å². The standard InChI is InChI=1S/C22H19FN4O3S3/c23-15-8-9-17-19(13-15)32-22(25-17)26(14-16-5-1-2-10-24-16)21(28)18-6-3-11-27(18)33(29,30)20-7-4-12-31-20/h1-2,4-5,7-10,12-13,18H,3,6,11,14H2. The van der Waals surface area contributed by atoms with Gasteiger partial charge in [0.1, 0.15) is 16.1 Å². The fourth-order valence-electron chi connectivity index (χ4n) is 3.88. The van der Waals surface area contributed by atoms with Crippen molar-refractivity contribution in [3.8, 4) is 0 Å². The Labute approximate surface area is 198 Å².